The van der Waals surface area contributed by atoms with E-state index in [0.717, 1.165) is 12.3 Å². The van der Waals surface area contributed by atoms with Crippen molar-refractivity contribution in [2.75, 3.05) is 6.61 Å². The lowest BCUT2D eigenvalue weighted by Crippen LogP contribution is -2.03. The Balaban J connectivity index is 2.41. The van der Waals surface area contributed by atoms with E-state index in [0.29, 0.717) is 6.61 Å². The lowest BCUT2D eigenvalue weighted by molar-refractivity contribution is 0.141. The molecule has 15 heavy (non-hydrogen) atoms. The fraction of sp³-hybridized carbons (Fsp3) is 0.538. The first-order valence-corrected chi connectivity index (χ1v) is 5.62. The Morgan fingerprint density at radius 1 is 1.07 bits per heavy atom. The van der Waals surface area contributed by atoms with E-state index in [2.05, 4.69) is 43.0 Å². The maximum Gasteiger partial charge on any atom is 0.0719 e. The molecule has 0 aromatic heterocycles. The number of nitrogens with two attached hydrogens (primary N) is 1. The van der Waals surface area contributed by atoms with Gasteiger partial charge in [0.15, 0.2) is 0 Å². The van der Waals surface area contributed by atoms with Gasteiger partial charge in [0.05, 0.1) is 6.61 Å². The van der Waals surface area contributed by atoms with Crippen molar-refractivity contribution in [3.8, 4) is 0 Å². The van der Waals surface area contributed by atoms with Gasteiger partial charge >= 0.3 is 0 Å². The SMILES string of the molecule is CC(C)CCc1ccc(CCON)cc1. The molecule has 0 aliphatic carbocycles. The van der Waals surface area contributed by atoms with Crippen LogP contribution in [0.3, 0.4) is 0 Å². The average Bonchev–Trinajstić information content (AvgIpc) is 2.25. The van der Waals surface area contributed by atoms with Crippen molar-refractivity contribution in [2.24, 2.45) is 11.8 Å². The molecule has 2 nitrogen and oxygen atoms in total. The van der Waals surface area contributed by atoms with Crippen LogP contribution in [0.1, 0.15) is 31.4 Å². The molecule has 84 valence electrons. The molecule has 1 aromatic carbocycles. The Morgan fingerprint density at radius 3 is 2.07 bits per heavy atom. The number of hydrogen-bond acceptors (Lipinski definition) is 2. The molecular formula is C13H21NO. The first-order valence-electron chi connectivity index (χ1n) is 5.62. The molecule has 0 saturated carbocycles. The van der Waals surface area contributed by atoms with Crippen LogP contribution in [0.2, 0.25) is 0 Å². The van der Waals surface area contributed by atoms with E-state index in [-0.39, 0.29) is 0 Å². The van der Waals surface area contributed by atoms with E-state index in [4.69, 9.17) is 5.90 Å². The largest absolute Gasteiger partial charge is 0.304 e. The topological polar surface area (TPSA) is 35.2 Å². The Morgan fingerprint density at radius 2 is 1.60 bits per heavy atom. The van der Waals surface area contributed by atoms with Crippen molar-refractivity contribution in [3.63, 3.8) is 0 Å². The molecular weight excluding hydrogens is 186 g/mol. The zero-order chi connectivity index (χ0) is 11.1. The van der Waals surface area contributed by atoms with Crippen LogP contribution in [-0.4, -0.2) is 6.61 Å². The summed E-state index contributed by atoms with van der Waals surface area (Å²) in [4.78, 5) is 4.55. The summed E-state index contributed by atoms with van der Waals surface area (Å²) in [6.07, 6.45) is 3.32. The highest BCUT2D eigenvalue weighted by molar-refractivity contribution is 5.22. The molecule has 1 aromatic rings. The maximum absolute atomic E-state index is 4.99. The van der Waals surface area contributed by atoms with Crippen LogP contribution in [0.5, 0.6) is 0 Å². The van der Waals surface area contributed by atoms with Gasteiger partial charge in [0.25, 0.3) is 0 Å². The summed E-state index contributed by atoms with van der Waals surface area (Å²) < 4.78 is 0. The number of benzene rings is 1. The Kier molecular flexibility index (Phi) is 5.37. The number of rotatable bonds is 6. The lowest BCUT2D eigenvalue weighted by atomic mass is 10.0. The fourth-order valence-electron chi connectivity index (χ4n) is 1.50. The number of aryl methyl sites for hydroxylation is 1. The molecule has 0 aliphatic heterocycles. The van der Waals surface area contributed by atoms with Gasteiger partial charge in [-0.3, -0.25) is 0 Å². The summed E-state index contributed by atoms with van der Waals surface area (Å²) in [6, 6.07) is 8.73. The van der Waals surface area contributed by atoms with Crippen LogP contribution < -0.4 is 5.90 Å². The highest BCUT2D eigenvalue weighted by Gasteiger charge is 1.97. The van der Waals surface area contributed by atoms with Crippen LogP contribution in [0, 0.1) is 5.92 Å². The monoisotopic (exact) mass is 207 g/mol. The van der Waals surface area contributed by atoms with Gasteiger partial charge in [-0.15, -0.1) is 0 Å². The minimum Gasteiger partial charge on any atom is -0.304 e. The van der Waals surface area contributed by atoms with Gasteiger partial charge in [-0.05, 0) is 36.3 Å². The van der Waals surface area contributed by atoms with Gasteiger partial charge < -0.3 is 4.84 Å². The first kappa shape index (κ1) is 12.2. The fourth-order valence-corrected chi connectivity index (χ4v) is 1.50. The summed E-state index contributed by atoms with van der Waals surface area (Å²) in [5.74, 6) is 5.76. The molecule has 0 radical (unpaired) electrons. The summed E-state index contributed by atoms with van der Waals surface area (Å²) in [5.41, 5.74) is 2.70. The molecule has 0 aliphatic rings. The minimum absolute atomic E-state index is 0.589. The molecule has 0 saturated heterocycles. The van der Waals surface area contributed by atoms with E-state index < -0.39 is 0 Å². The molecule has 1 rings (SSSR count). The van der Waals surface area contributed by atoms with Crippen LogP contribution in [0.15, 0.2) is 24.3 Å². The molecule has 0 heterocycles. The van der Waals surface area contributed by atoms with E-state index in [9.17, 15) is 0 Å². The third-order valence-electron chi connectivity index (χ3n) is 2.54. The predicted molar refractivity (Wildman–Crippen MR) is 63.4 cm³/mol. The van der Waals surface area contributed by atoms with Crippen LogP contribution in [-0.2, 0) is 17.7 Å². The number of hydrogen-bond donors (Lipinski definition) is 1. The van der Waals surface area contributed by atoms with Gasteiger partial charge in [-0.1, -0.05) is 38.1 Å². The van der Waals surface area contributed by atoms with Crippen molar-refractivity contribution in [2.45, 2.75) is 33.1 Å². The zero-order valence-electron chi connectivity index (χ0n) is 9.70. The summed E-state index contributed by atoms with van der Waals surface area (Å²) in [5, 5.41) is 0. The standard InChI is InChI=1S/C13H21NO/c1-11(2)3-4-12-5-7-13(8-6-12)9-10-15-14/h5-8,11H,3-4,9-10,14H2,1-2H3. The van der Waals surface area contributed by atoms with Gasteiger partial charge in [-0.25, -0.2) is 5.90 Å². The highest BCUT2D eigenvalue weighted by atomic mass is 16.6. The highest BCUT2D eigenvalue weighted by Crippen LogP contribution is 2.10. The second-order valence-electron chi connectivity index (χ2n) is 4.37. The zero-order valence-corrected chi connectivity index (χ0v) is 9.70. The average molecular weight is 207 g/mol. The second-order valence-corrected chi connectivity index (χ2v) is 4.37. The minimum atomic E-state index is 0.589. The van der Waals surface area contributed by atoms with Crippen molar-refractivity contribution in [1.29, 1.82) is 0 Å². The molecule has 0 unspecified atom stereocenters. The van der Waals surface area contributed by atoms with Crippen LogP contribution >= 0.6 is 0 Å². The molecule has 2 N–H and O–H groups in total. The Hall–Kier alpha value is -0.860. The van der Waals surface area contributed by atoms with Crippen molar-refractivity contribution >= 4 is 0 Å². The van der Waals surface area contributed by atoms with Gasteiger partial charge in [0.1, 0.15) is 0 Å². The Bertz CT molecular complexity index is 266. The Labute approximate surface area is 92.4 Å². The molecule has 0 amide bonds. The predicted octanol–water partition coefficient (Wildman–Crippen LogP) is 2.71. The summed E-state index contributed by atoms with van der Waals surface area (Å²) in [7, 11) is 0. The first-order chi connectivity index (χ1) is 7.22. The van der Waals surface area contributed by atoms with E-state index in [1.165, 1.54) is 24.0 Å². The van der Waals surface area contributed by atoms with Crippen molar-refractivity contribution in [3.05, 3.63) is 35.4 Å². The summed E-state index contributed by atoms with van der Waals surface area (Å²) >= 11 is 0. The van der Waals surface area contributed by atoms with Gasteiger partial charge in [0.2, 0.25) is 0 Å². The van der Waals surface area contributed by atoms with Gasteiger partial charge in [0, 0.05) is 0 Å². The quantitative estimate of drug-likeness (QED) is 0.728. The van der Waals surface area contributed by atoms with Crippen molar-refractivity contribution in [1.82, 2.24) is 0 Å². The van der Waals surface area contributed by atoms with E-state index in [1.807, 2.05) is 0 Å². The van der Waals surface area contributed by atoms with E-state index >= 15 is 0 Å². The second kappa shape index (κ2) is 6.59. The summed E-state index contributed by atoms with van der Waals surface area (Å²) in [6.45, 7) is 5.10. The maximum atomic E-state index is 4.99. The molecule has 0 atom stereocenters. The lowest BCUT2D eigenvalue weighted by Gasteiger charge is -2.06. The smallest absolute Gasteiger partial charge is 0.0719 e. The van der Waals surface area contributed by atoms with Crippen LogP contribution in [0.25, 0.3) is 0 Å². The van der Waals surface area contributed by atoms with E-state index in [1.54, 1.807) is 0 Å². The molecule has 0 spiro atoms. The molecule has 0 bridgehead atoms. The van der Waals surface area contributed by atoms with Crippen LogP contribution in [0.4, 0.5) is 0 Å². The third kappa shape index (κ3) is 4.96. The normalized spacial score (nSPS) is 10.9. The molecule has 0 fully saturated rings. The van der Waals surface area contributed by atoms with Gasteiger partial charge in [-0.2, -0.15) is 0 Å². The van der Waals surface area contributed by atoms with Crippen molar-refractivity contribution < 1.29 is 4.84 Å². The third-order valence-corrected chi connectivity index (χ3v) is 2.54. The molecule has 2 heteroatoms.